The molecule has 0 fully saturated rings. The van der Waals surface area contributed by atoms with Crippen LogP contribution in [0.2, 0.25) is 0 Å². The number of benzene rings is 2. The minimum atomic E-state index is -0.296. The van der Waals surface area contributed by atoms with E-state index in [2.05, 4.69) is 28.1 Å². The lowest BCUT2D eigenvalue weighted by molar-refractivity contribution is -0.134. The number of rotatable bonds is 7. The van der Waals surface area contributed by atoms with Gasteiger partial charge >= 0.3 is 0 Å². The fourth-order valence-corrected chi connectivity index (χ4v) is 2.19. The smallest absolute Gasteiger partial charge is 0.243 e. The Labute approximate surface area is 143 Å². The third-order valence-corrected chi connectivity index (χ3v) is 3.73. The van der Waals surface area contributed by atoms with Crippen LogP contribution in [-0.2, 0) is 16.2 Å². The standard InChI is InChI=1S/C17H16INO3/c18-15-8-6-14(7-9-15)16(20)10-11-17(21)19-22-12-13-4-2-1-3-5-13/h1-9H,10-12H2,(H,19,21). The lowest BCUT2D eigenvalue weighted by atomic mass is 10.1. The normalized spacial score (nSPS) is 10.2. The van der Waals surface area contributed by atoms with Gasteiger partial charge in [0.05, 0.1) is 6.61 Å². The molecule has 0 radical (unpaired) electrons. The summed E-state index contributed by atoms with van der Waals surface area (Å²) in [4.78, 5) is 28.7. The molecule has 1 amide bonds. The van der Waals surface area contributed by atoms with Gasteiger partial charge in [-0.15, -0.1) is 0 Å². The van der Waals surface area contributed by atoms with Crippen molar-refractivity contribution >= 4 is 34.3 Å². The van der Waals surface area contributed by atoms with Gasteiger partial charge in [-0.1, -0.05) is 42.5 Å². The average molecular weight is 409 g/mol. The van der Waals surface area contributed by atoms with Crippen molar-refractivity contribution in [3.05, 3.63) is 69.3 Å². The Hall–Kier alpha value is -1.73. The predicted molar refractivity (Wildman–Crippen MR) is 92.1 cm³/mol. The van der Waals surface area contributed by atoms with Gasteiger partial charge in [-0.25, -0.2) is 5.48 Å². The number of hydrogen-bond donors (Lipinski definition) is 1. The second-order valence-electron chi connectivity index (χ2n) is 4.73. The Morgan fingerprint density at radius 3 is 2.32 bits per heavy atom. The van der Waals surface area contributed by atoms with Crippen LogP contribution in [0, 0.1) is 3.57 Å². The fourth-order valence-electron chi connectivity index (χ4n) is 1.83. The molecule has 1 N–H and O–H groups in total. The monoisotopic (exact) mass is 409 g/mol. The van der Waals surface area contributed by atoms with Gasteiger partial charge in [-0.3, -0.25) is 14.4 Å². The molecule has 0 bridgehead atoms. The van der Waals surface area contributed by atoms with E-state index in [0.29, 0.717) is 12.2 Å². The number of hydrogen-bond acceptors (Lipinski definition) is 3. The Morgan fingerprint density at radius 1 is 0.955 bits per heavy atom. The molecule has 4 nitrogen and oxygen atoms in total. The van der Waals surface area contributed by atoms with Gasteiger partial charge in [0.25, 0.3) is 0 Å². The summed E-state index contributed by atoms with van der Waals surface area (Å²) in [6.45, 7) is 0.303. The minimum absolute atomic E-state index is 0.0467. The zero-order valence-corrected chi connectivity index (χ0v) is 14.1. The Balaban J connectivity index is 1.69. The van der Waals surface area contributed by atoms with Crippen LogP contribution < -0.4 is 5.48 Å². The average Bonchev–Trinajstić information content (AvgIpc) is 2.54. The number of carbonyl (C=O) groups is 2. The van der Waals surface area contributed by atoms with Crippen molar-refractivity contribution in [2.45, 2.75) is 19.4 Å². The third-order valence-electron chi connectivity index (χ3n) is 3.01. The highest BCUT2D eigenvalue weighted by molar-refractivity contribution is 14.1. The van der Waals surface area contributed by atoms with Crippen LogP contribution in [0.25, 0.3) is 0 Å². The topological polar surface area (TPSA) is 55.4 Å². The van der Waals surface area contributed by atoms with Gasteiger partial charge < -0.3 is 0 Å². The summed E-state index contributed by atoms with van der Waals surface area (Å²) in [6, 6.07) is 16.8. The van der Waals surface area contributed by atoms with Crippen molar-refractivity contribution in [3.8, 4) is 0 Å². The van der Waals surface area contributed by atoms with Gasteiger partial charge in [-0.2, -0.15) is 0 Å². The number of nitrogens with one attached hydrogen (secondary N) is 1. The Morgan fingerprint density at radius 2 is 1.64 bits per heavy atom. The van der Waals surface area contributed by atoms with Gasteiger partial charge in [-0.05, 0) is 40.3 Å². The molecule has 2 aromatic rings. The van der Waals surface area contributed by atoms with E-state index in [1.54, 1.807) is 12.1 Å². The summed E-state index contributed by atoms with van der Waals surface area (Å²) in [6.07, 6.45) is 0.279. The van der Waals surface area contributed by atoms with Gasteiger partial charge in [0.15, 0.2) is 5.78 Å². The SMILES string of the molecule is O=C(CCC(=O)c1ccc(I)cc1)NOCc1ccccc1. The predicted octanol–water partition coefficient (Wildman–Crippen LogP) is 3.50. The molecule has 0 spiro atoms. The molecule has 0 aromatic heterocycles. The fraction of sp³-hybridized carbons (Fsp3) is 0.176. The number of ketones is 1. The van der Waals surface area contributed by atoms with E-state index >= 15 is 0 Å². The molecular weight excluding hydrogens is 393 g/mol. The molecule has 0 atom stereocenters. The molecule has 22 heavy (non-hydrogen) atoms. The van der Waals surface area contributed by atoms with E-state index in [4.69, 9.17) is 4.84 Å². The maximum absolute atomic E-state index is 11.9. The summed E-state index contributed by atoms with van der Waals surface area (Å²) in [5.41, 5.74) is 3.95. The third kappa shape index (κ3) is 5.57. The zero-order chi connectivity index (χ0) is 15.8. The first-order chi connectivity index (χ1) is 10.6. The molecule has 0 aliphatic rings. The first kappa shape index (κ1) is 16.6. The number of hydroxylamine groups is 1. The summed E-state index contributed by atoms with van der Waals surface area (Å²) in [5.74, 6) is -0.343. The van der Waals surface area contributed by atoms with Crippen molar-refractivity contribution in [1.29, 1.82) is 0 Å². The van der Waals surface area contributed by atoms with Crippen molar-refractivity contribution in [1.82, 2.24) is 5.48 Å². The highest BCUT2D eigenvalue weighted by Gasteiger charge is 2.09. The first-order valence-corrected chi connectivity index (χ1v) is 7.96. The van der Waals surface area contributed by atoms with E-state index in [1.165, 1.54) is 0 Å². The van der Waals surface area contributed by atoms with E-state index in [-0.39, 0.29) is 24.5 Å². The number of Topliss-reactive ketones (excluding diaryl/α,β-unsaturated/α-hetero) is 1. The molecule has 5 heteroatoms. The summed E-state index contributed by atoms with van der Waals surface area (Å²) >= 11 is 2.18. The van der Waals surface area contributed by atoms with Crippen molar-refractivity contribution in [2.75, 3.05) is 0 Å². The van der Waals surface area contributed by atoms with E-state index in [0.717, 1.165) is 9.13 Å². The molecule has 0 heterocycles. The van der Waals surface area contributed by atoms with Crippen LogP contribution >= 0.6 is 22.6 Å². The van der Waals surface area contributed by atoms with Gasteiger partial charge in [0, 0.05) is 22.0 Å². The van der Waals surface area contributed by atoms with Crippen molar-refractivity contribution < 1.29 is 14.4 Å². The molecule has 0 aliphatic carbocycles. The molecule has 114 valence electrons. The molecule has 2 aromatic carbocycles. The maximum atomic E-state index is 11.9. The Kier molecular flexibility index (Phi) is 6.54. The molecule has 0 aliphatic heterocycles. The molecule has 2 rings (SSSR count). The quantitative estimate of drug-likeness (QED) is 0.433. The van der Waals surface area contributed by atoms with Crippen LogP contribution in [0.4, 0.5) is 0 Å². The number of amides is 1. The highest BCUT2D eigenvalue weighted by atomic mass is 127. The highest BCUT2D eigenvalue weighted by Crippen LogP contribution is 2.10. The van der Waals surface area contributed by atoms with E-state index < -0.39 is 0 Å². The number of halogens is 1. The van der Waals surface area contributed by atoms with Crippen LogP contribution in [-0.4, -0.2) is 11.7 Å². The molecular formula is C17H16INO3. The summed E-state index contributed by atoms with van der Waals surface area (Å²) < 4.78 is 1.07. The lowest BCUT2D eigenvalue weighted by Crippen LogP contribution is -2.24. The first-order valence-electron chi connectivity index (χ1n) is 6.88. The second-order valence-corrected chi connectivity index (χ2v) is 5.98. The van der Waals surface area contributed by atoms with Crippen LogP contribution in [0.1, 0.15) is 28.8 Å². The van der Waals surface area contributed by atoms with Crippen molar-refractivity contribution in [3.63, 3.8) is 0 Å². The largest absolute Gasteiger partial charge is 0.294 e. The zero-order valence-electron chi connectivity index (χ0n) is 11.9. The van der Waals surface area contributed by atoms with Gasteiger partial charge in [0.2, 0.25) is 5.91 Å². The molecule has 0 saturated heterocycles. The van der Waals surface area contributed by atoms with Crippen LogP contribution in [0.15, 0.2) is 54.6 Å². The lowest BCUT2D eigenvalue weighted by Gasteiger charge is -2.06. The molecule has 0 saturated carbocycles. The second kappa shape index (κ2) is 8.65. The Bertz CT molecular complexity index is 626. The van der Waals surface area contributed by atoms with Crippen LogP contribution in [0.5, 0.6) is 0 Å². The van der Waals surface area contributed by atoms with E-state index in [9.17, 15) is 9.59 Å². The van der Waals surface area contributed by atoms with E-state index in [1.807, 2.05) is 42.5 Å². The van der Waals surface area contributed by atoms with Crippen LogP contribution in [0.3, 0.4) is 0 Å². The molecule has 0 unspecified atom stereocenters. The minimum Gasteiger partial charge on any atom is -0.294 e. The summed E-state index contributed by atoms with van der Waals surface area (Å²) in [5, 5.41) is 0. The summed E-state index contributed by atoms with van der Waals surface area (Å²) in [7, 11) is 0. The maximum Gasteiger partial charge on any atom is 0.243 e. The number of carbonyl (C=O) groups excluding carboxylic acids is 2. The van der Waals surface area contributed by atoms with Gasteiger partial charge in [0.1, 0.15) is 0 Å². The van der Waals surface area contributed by atoms with Crippen molar-refractivity contribution in [2.24, 2.45) is 0 Å².